The summed E-state index contributed by atoms with van der Waals surface area (Å²) >= 11 is 5.27. The molecule has 0 spiro atoms. The van der Waals surface area contributed by atoms with Crippen LogP contribution >= 0.6 is 12.2 Å². The molecule has 2 N–H and O–H groups in total. The van der Waals surface area contributed by atoms with Crippen LogP contribution in [0.25, 0.3) is 0 Å². The van der Waals surface area contributed by atoms with Gasteiger partial charge in [-0.25, -0.2) is 4.79 Å². The number of carbonyl (C=O) groups is 1. The fraction of sp³-hybridized carbons (Fsp3) is 0.176. The number of rotatable bonds is 4. The first-order valence-electron chi connectivity index (χ1n) is 6.97. The van der Waals surface area contributed by atoms with E-state index in [0.717, 1.165) is 17.8 Å². The minimum atomic E-state index is -0.358. The maximum Gasteiger partial charge on any atom is 0.337 e. The predicted octanol–water partition coefficient (Wildman–Crippen LogP) is 3.84. The van der Waals surface area contributed by atoms with Crippen molar-refractivity contribution >= 4 is 34.7 Å². The lowest BCUT2D eigenvalue weighted by Crippen LogP contribution is -2.19. The van der Waals surface area contributed by atoms with Gasteiger partial charge in [0.05, 0.1) is 12.7 Å². The van der Waals surface area contributed by atoms with E-state index in [2.05, 4.69) is 34.4 Å². The standard InChI is InChI=1S/C17H18N2O2S/c1-3-12-4-8-14(9-5-12)18-17(22)19-15-10-6-13(7-11-15)16(20)21-2/h4-11H,3H2,1-2H3,(H2,18,19,22). The molecule has 0 heterocycles. The lowest BCUT2D eigenvalue weighted by Gasteiger charge is -2.11. The highest BCUT2D eigenvalue weighted by atomic mass is 32.1. The van der Waals surface area contributed by atoms with Crippen molar-refractivity contribution in [1.29, 1.82) is 0 Å². The average Bonchev–Trinajstić information content (AvgIpc) is 2.55. The van der Waals surface area contributed by atoms with E-state index in [4.69, 9.17) is 12.2 Å². The molecular weight excluding hydrogens is 296 g/mol. The number of nitrogens with one attached hydrogen (secondary N) is 2. The number of thiocarbonyl (C=S) groups is 1. The molecule has 4 nitrogen and oxygen atoms in total. The highest BCUT2D eigenvalue weighted by Crippen LogP contribution is 2.13. The molecule has 0 unspecified atom stereocenters. The van der Waals surface area contributed by atoms with Crippen LogP contribution in [0.15, 0.2) is 48.5 Å². The van der Waals surface area contributed by atoms with E-state index in [1.165, 1.54) is 12.7 Å². The monoisotopic (exact) mass is 314 g/mol. The van der Waals surface area contributed by atoms with Crippen molar-refractivity contribution in [2.24, 2.45) is 0 Å². The molecule has 0 fully saturated rings. The molecule has 2 aromatic carbocycles. The summed E-state index contributed by atoms with van der Waals surface area (Å²) in [5.41, 5.74) is 3.51. The van der Waals surface area contributed by atoms with E-state index in [-0.39, 0.29) is 5.97 Å². The molecular formula is C17H18N2O2S. The summed E-state index contributed by atoms with van der Waals surface area (Å²) in [4.78, 5) is 11.4. The van der Waals surface area contributed by atoms with E-state index >= 15 is 0 Å². The van der Waals surface area contributed by atoms with Crippen molar-refractivity contribution in [3.05, 3.63) is 59.7 Å². The molecule has 114 valence electrons. The summed E-state index contributed by atoms with van der Waals surface area (Å²) in [7, 11) is 1.36. The van der Waals surface area contributed by atoms with Crippen LogP contribution in [0.5, 0.6) is 0 Å². The van der Waals surface area contributed by atoms with Gasteiger partial charge in [-0.2, -0.15) is 0 Å². The second-order valence-corrected chi connectivity index (χ2v) is 5.11. The Morgan fingerprint density at radius 2 is 1.50 bits per heavy atom. The highest BCUT2D eigenvalue weighted by Gasteiger charge is 2.05. The van der Waals surface area contributed by atoms with Gasteiger partial charge >= 0.3 is 5.97 Å². The number of carbonyl (C=O) groups excluding carboxylic acids is 1. The number of anilines is 2. The number of methoxy groups -OCH3 is 1. The van der Waals surface area contributed by atoms with Crippen LogP contribution in [-0.2, 0) is 11.2 Å². The van der Waals surface area contributed by atoms with Crippen molar-refractivity contribution in [2.45, 2.75) is 13.3 Å². The van der Waals surface area contributed by atoms with E-state index < -0.39 is 0 Å². The van der Waals surface area contributed by atoms with Gasteiger partial charge in [-0.15, -0.1) is 0 Å². The molecule has 22 heavy (non-hydrogen) atoms. The lowest BCUT2D eigenvalue weighted by molar-refractivity contribution is 0.0601. The van der Waals surface area contributed by atoms with Crippen LogP contribution in [0.3, 0.4) is 0 Å². The predicted molar refractivity (Wildman–Crippen MR) is 93.4 cm³/mol. The number of ether oxygens (including phenoxy) is 1. The molecule has 0 bridgehead atoms. The second-order valence-electron chi connectivity index (χ2n) is 4.70. The van der Waals surface area contributed by atoms with Crippen LogP contribution in [0.2, 0.25) is 0 Å². The summed E-state index contributed by atoms with van der Waals surface area (Å²) in [6.07, 6.45) is 1.01. The molecule has 2 rings (SSSR count). The molecule has 0 saturated carbocycles. The van der Waals surface area contributed by atoms with Gasteiger partial charge in [0, 0.05) is 11.4 Å². The number of benzene rings is 2. The molecule has 2 aromatic rings. The van der Waals surface area contributed by atoms with Crippen molar-refractivity contribution in [3.8, 4) is 0 Å². The Morgan fingerprint density at radius 1 is 1.00 bits per heavy atom. The first-order valence-corrected chi connectivity index (χ1v) is 7.38. The Bertz CT molecular complexity index is 651. The van der Waals surface area contributed by atoms with Crippen molar-refractivity contribution in [2.75, 3.05) is 17.7 Å². The Hall–Kier alpha value is -2.40. The molecule has 0 atom stereocenters. The van der Waals surface area contributed by atoms with E-state index in [9.17, 15) is 4.79 Å². The maximum atomic E-state index is 11.4. The van der Waals surface area contributed by atoms with Gasteiger partial charge in [0.2, 0.25) is 0 Å². The molecule has 5 heteroatoms. The van der Waals surface area contributed by atoms with E-state index in [0.29, 0.717) is 10.7 Å². The molecule has 0 saturated heterocycles. The largest absolute Gasteiger partial charge is 0.465 e. The normalized spacial score (nSPS) is 9.91. The Kier molecular flexibility index (Phi) is 5.49. The zero-order chi connectivity index (χ0) is 15.9. The molecule has 0 aliphatic rings. The minimum Gasteiger partial charge on any atom is -0.465 e. The second kappa shape index (κ2) is 7.56. The molecule has 0 aliphatic heterocycles. The Labute approximate surface area is 135 Å². The van der Waals surface area contributed by atoms with Gasteiger partial charge in [-0.1, -0.05) is 19.1 Å². The van der Waals surface area contributed by atoms with Gasteiger partial charge in [-0.3, -0.25) is 0 Å². The third-order valence-corrected chi connectivity index (χ3v) is 3.39. The maximum absolute atomic E-state index is 11.4. The average molecular weight is 314 g/mol. The molecule has 0 amide bonds. The van der Waals surface area contributed by atoms with Crippen LogP contribution in [0.1, 0.15) is 22.8 Å². The van der Waals surface area contributed by atoms with Crippen LogP contribution < -0.4 is 10.6 Å². The Balaban J connectivity index is 1.94. The number of hydrogen-bond acceptors (Lipinski definition) is 3. The number of hydrogen-bond donors (Lipinski definition) is 2. The third kappa shape index (κ3) is 4.30. The molecule has 0 radical (unpaired) electrons. The lowest BCUT2D eigenvalue weighted by atomic mass is 10.1. The van der Waals surface area contributed by atoms with Crippen LogP contribution in [-0.4, -0.2) is 18.2 Å². The van der Waals surface area contributed by atoms with Gasteiger partial charge < -0.3 is 15.4 Å². The minimum absolute atomic E-state index is 0.358. The number of esters is 1. The van der Waals surface area contributed by atoms with Gasteiger partial charge in [0.25, 0.3) is 0 Å². The van der Waals surface area contributed by atoms with Crippen molar-refractivity contribution in [1.82, 2.24) is 0 Å². The Morgan fingerprint density at radius 3 is 1.95 bits per heavy atom. The van der Waals surface area contributed by atoms with Crippen molar-refractivity contribution < 1.29 is 9.53 Å². The van der Waals surface area contributed by atoms with Gasteiger partial charge in [0.15, 0.2) is 5.11 Å². The summed E-state index contributed by atoms with van der Waals surface area (Å²) in [5.74, 6) is -0.358. The van der Waals surface area contributed by atoms with Crippen molar-refractivity contribution in [3.63, 3.8) is 0 Å². The first kappa shape index (κ1) is 16.0. The fourth-order valence-corrected chi connectivity index (χ4v) is 2.16. The highest BCUT2D eigenvalue weighted by molar-refractivity contribution is 7.80. The van der Waals surface area contributed by atoms with E-state index in [1.807, 2.05) is 12.1 Å². The van der Waals surface area contributed by atoms with E-state index in [1.54, 1.807) is 24.3 Å². The van der Waals surface area contributed by atoms with Crippen LogP contribution in [0.4, 0.5) is 11.4 Å². The quantitative estimate of drug-likeness (QED) is 0.663. The smallest absolute Gasteiger partial charge is 0.337 e. The SMILES string of the molecule is CCc1ccc(NC(=S)Nc2ccc(C(=O)OC)cc2)cc1. The summed E-state index contributed by atoms with van der Waals surface area (Å²) in [6, 6.07) is 15.0. The zero-order valence-corrected chi connectivity index (χ0v) is 13.4. The topological polar surface area (TPSA) is 50.4 Å². The van der Waals surface area contributed by atoms with Crippen LogP contribution in [0, 0.1) is 0 Å². The summed E-state index contributed by atoms with van der Waals surface area (Å²) in [6.45, 7) is 2.12. The number of aryl methyl sites for hydroxylation is 1. The first-order chi connectivity index (χ1) is 10.6. The summed E-state index contributed by atoms with van der Waals surface area (Å²) < 4.78 is 4.66. The zero-order valence-electron chi connectivity index (χ0n) is 12.6. The van der Waals surface area contributed by atoms with Gasteiger partial charge in [0.1, 0.15) is 0 Å². The fourth-order valence-electron chi connectivity index (χ4n) is 1.92. The third-order valence-electron chi connectivity index (χ3n) is 3.18. The molecule has 0 aromatic heterocycles. The van der Waals surface area contributed by atoms with Gasteiger partial charge in [-0.05, 0) is 60.6 Å². The summed E-state index contributed by atoms with van der Waals surface area (Å²) in [5, 5.41) is 6.69. The molecule has 0 aliphatic carbocycles.